The van der Waals surface area contributed by atoms with Crippen LogP contribution >= 0.6 is 7.52 Å². The van der Waals surface area contributed by atoms with Gasteiger partial charge in [0, 0.05) is 6.54 Å². The first-order chi connectivity index (χ1) is 15.2. The van der Waals surface area contributed by atoms with Gasteiger partial charge in [0.15, 0.2) is 0 Å². The number of carbonyl (C=O) groups excluding carboxylic acids is 2. The Balaban J connectivity index is 1.82. The average Bonchev–Trinajstić information content (AvgIpc) is 2.77. The van der Waals surface area contributed by atoms with E-state index in [9.17, 15) is 19.0 Å². The summed E-state index contributed by atoms with van der Waals surface area (Å²) in [4.78, 5) is 34.8. The molecule has 8 nitrogen and oxygen atoms in total. The summed E-state index contributed by atoms with van der Waals surface area (Å²) in [5, 5.41) is 7.63. The third-order valence-electron chi connectivity index (χ3n) is 4.59. The Hall–Kier alpha value is -2.67. The Morgan fingerprint density at radius 2 is 1.56 bits per heavy atom. The Morgan fingerprint density at radius 3 is 2.16 bits per heavy atom. The van der Waals surface area contributed by atoms with Crippen molar-refractivity contribution < 1.29 is 23.8 Å². The highest BCUT2D eigenvalue weighted by Gasteiger charge is 2.29. The van der Waals surface area contributed by atoms with Gasteiger partial charge in [0.05, 0.1) is 6.04 Å². The Kier molecular flexibility index (Phi) is 10.4. The van der Waals surface area contributed by atoms with E-state index in [2.05, 4.69) is 15.7 Å². The van der Waals surface area contributed by atoms with E-state index in [0.717, 1.165) is 11.1 Å². The molecule has 0 spiro atoms. The molecule has 0 aliphatic heterocycles. The maximum Gasteiger partial charge on any atom is 0.407 e. The van der Waals surface area contributed by atoms with Gasteiger partial charge < -0.3 is 20.3 Å². The largest absolute Gasteiger partial charge is 0.445 e. The van der Waals surface area contributed by atoms with Gasteiger partial charge in [-0.25, -0.2) is 9.88 Å². The van der Waals surface area contributed by atoms with E-state index in [1.54, 1.807) is 12.1 Å². The van der Waals surface area contributed by atoms with Gasteiger partial charge in [-0.2, -0.15) is 0 Å². The minimum absolute atomic E-state index is 0.0512. The van der Waals surface area contributed by atoms with Crippen molar-refractivity contribution >= 4 is 19.5 Å². The summed E-state index contributed by atoms with van der Waals surface area (Å²) in [5.41, 5.74) is 1.89. The summed E-state index contributed by atoms with van der Waals surface area (Å²) in [6.07, 6.45) is -0.322. The summed E-state index contributed by atoms with van der Waals surface area (Å²) >= 11 is 0. The van der Waals surface area contributed by atoms with Crippen molar-refractivity contribution in [3.05, 3.63) is 71.8 Å². The molecule has 2 atom stereocenters. The number of hydrogen-bond donors (Lipinski definition) is 4. The van der Waals surface area contributed by atoms with Crippen LogP contribution in [0.4, 0.5) is 4.79 Å². The second-order valence-corrected chi connectivity index (χ2v) is 9.91. The number of ether oxygens (including phenoxy) is 1. The van der Waals surface area contributed by atoms with Gasteiger partial charge in [-0.3, -0.25) is 9.36 Å². The standard InChI is InChI=1S/C23H32N3O5P/c1-18(2)15-21(22(27)24-14-13-19-9-5-3-6-10-19)26-32(29,30)17-25-23(28)31-16-20-11-7-4-8-12-20/h3-12,18,21H,13-17H2,1-2H3,(H,24,27)(H,25,28)(H2,26,29,30)/t21-/m0/s1. The molecule has 0 aliphatic rings. The van der Waals surface area contributed by atoms with Crippen molar-refractivity contribution in [1.82, 2.24) is 15.7 Å². The first-order valence-corrected chi connectivity index (χ1v) is 12.5. The monoisotopic (exact) mass is 461 g/mol. The molecule has 0 saturated heterocycles. The van der Waals surface area contributed by atoms with Crippen LogP contribution in [0, 0.1) is 5.92 Å². The smallest absolute Gasteiger partial charge is 0.407 e. The predicted octanol–water partition coefficient (Wildman–Crippen LogP) is 3.42. The van der Waals surface area contributed by atoms with Gasteiger partial charge in [0.25, 0.3) is 7.52 Å². The topological polar surface area (TPSA) is 117 Å². The molecule has 1 unspecified atom stereocenters. The van der Waals surface area contributed by atoms with Crippen LogP contribution in [-0.2, 0) is 27.1 Å². The van der Waals surface area contributed by atoms with Gasteiger partial charge in [0.2, 0.25) is 5.91 Å². The lowest BCUT2D eigenvalue weighted by Crippen LogP contribution is -2.45. The fourth-order valence-corrected chi connectivity index (χ4v) is 4.17. The molecule has 0 aromatic heterocycles. The normalized spacial score (nSPS) is 13.8. The number of carbonyl (C=O) groups is 2. The number of nitrogens with one attached hydrogen (secondary N) is 3. The molecule has 4 N–H and O–H groups in total. The van der Waals surface area contributed by atoms with E-state index < -0.39 is 25.9 Å². The maximum atomic E-state index is 12.6. The van der Waals surface area contributed by atoms with Crippen LogP contribution < -0.4 is 15.7 Å². The van der Waals surface area contributed by atoms with Crippen LogP contribution in [0.1, 0.15) is 31.4 Å². The molecule has 9 heteroatoms. The minimum Gasteiger partial charge on any atom is -0.445 e. The molecule has 0 radical (unpaired) electrons. The van der Waals surface area contributed by atoms with Crippen LogP contribution in [-0.4, -0.2) is 35.8 Å². The summed E-state index contributed by atoms with van der Waals surface area (Å²) in [7, 11) is -4.02. The number of rotatable bonds is 12. The van der Waals surface area contributed by atoms with Gasteiger partial charge in [-0.1, -0.05) is 74.5 Å². The van der Waals surface area contributed by atoms with Crippen LogP contribution in [0.2, 0.25) is 0 Å². The highest BCUT2D eigenvalue weighted by Crippen LogP contribution is 2.35. The molecule has 2 rings (SSSR count). The predicted molar refractivity (Wildman–Crippen MR) is 124 cm³/mol. The summed E-state index contributed by atoms with van der Waals surface area (Å²) < 4.78 is 17.6. The zero-order valence-corrected chi connectivity index (χ0v) is 19.4. The van der Waals surface area contributed by atoms with Crippen molar-refractivity contribution in [2.45, 2.75) is 39.3 Å². The second kappa shape index (κ2) is 13.0. The summed E-state index contributed by atoms with van der Waals surface area (Å²) in [6, 6.07) is 18.0. The first-order valence-electron chi connectivity index (χ1n) is 10.6. The van der Waals surface area contributed by atoms with Gasteiger partial charge in [0.1, 0.15) is 12.9 Å². The molecular weight excluding hydrogens is 429 g/mol. The molecule has 2 amide bonds. The molecule has 0 heterocycles. The van der Waals surface area contributed by atoms with Crippen LogP contribution in [0.25, 0.3) is 0 Å². The van der Waals surface area contributed by atoms with Gasteiger partial charge in [-0.15, -0.1) is 0 Å². The van der Waals surface area contributed by atoms with Crippen LogP contribution in [0.5, 0.6) is 0 Å². The Bertz CT molecular complexity index is 893. The van der Waals surface area contributed by atoms with E-state index in [-0.39, 0.29) is 18.4 Å². The first kappa shape index (κ1) is 25.6. The molecule has 0 fully saturated rings. The molecule has 2 aromatic carbocycles. The van der Waals surface area contributed by atoms with Crippen molar-refractivity contribution in [2.24, 2.45) is 5.92 Å². The molecule has 0 bridgehead atoms. The fourth-order valence-electron chi connectivity index (χ4n) is 3.02. The fraction of sp³-hybridized carbons (Fsp3) is 0.391. The highest BCUT2D eigenvalue weighted by molar-refractivity contribution is 7.55. The Labute approximate surface area is 189 Å². The molecular formula is C23H32N3O5P. The number of amides is 2. The van der Waals surface area contributed by atoms with Crippen LogP contribution in [0.15, 0.2) is 60.7 Å². The SMILES string of the molecule is CC(C)C[C@H](NP(=O)(O)CNC(=O)OCc1ccccc1)C(=O)NCCc1ccccc1. The average molecular weight is 461 g/mol. The summed E-state index contributed by atoms with van der Waals surface area (Å²) in [6.45, 7) is 4.31. The van der Waals surface area contributed by atoms with Crippen molar-refractivity contribution in [1.29, 1.82) is 0 Å². The molecule has 32 heavy (non-hydrogen) atoms. The highest BCUT2D eigenvalue weighted by atomic mass is 31.2. The van der Waals surface area contributed by atoms with E-state index in [4.69, 9.17) is 4.74 Å². The van der Waals surface area contributed by atoms with Crippen molar-refractivity contribution in [3.63, 3.8) is 0 Å². The van der Waals surface area contributed by atoms with E-state index >= 15 is 0 Å². The number of benzene rings is 2. The molecule has 174 valence electrons. The minimum atomic E-state index is -4.02. The van der Waals surface area contributed by atoms with E-state index in [1.165, 1.54) is 0 Å². The lowest BCUT2D eigenvalue weighted by molar-refractivity contribution is -0.123. The quantitative estimate of drug-likeness (QED) is 0.360. The van der Waals surface area contributed by atoms with Gasteiger partial charge >= 0.3 is 6.09 Å². The Morgan fingerprint density at radius 1 is 0.969 bits per heavy atom. The van der Waals surface area contributed by atoms with E-state index in [0.29, 0.717) is 19.4 Å². The molecule has 0 saturated carbocycles. The lowest BCUT2D eigenvalue weighted by Gasteiger charge is -2.23. The lowest BCUT2D eigenvalue weighted by atomic mass is 10.0. The molecule has 2 aromatic rings. The number of alkyl carbamates (subject to hydrolysis) is 1. The number of hydrogen-bond acceptors (Lipinski definition) is 4. The zero-order valence-electron chi connectivity index (χ0n) is 18.5. The van der Waals surface area contributed by atoms with E-state index in [1.807, 2.05) is 62.4 Å². The van der Waals surface area contributed by atoms with Gasteiger partial charge in [-0.05, 0) is 29.9 Å². The third-order valence-corrected chi connectivity index (χ3v) is 5.89. The summed E-state index contributed by atoms with van der Waals surface area (Å²) in [5.74, 6) is -0.230. The second-order valence-electron chi connectivity index (χ2n) is 7.94. The van der Waals surface area contributed by atoms with Crippen LogP contribution in [0.3, 0.4) is 0 Å². The third kappa shape index (κ3) is 10.1. The zero-order chi connectivity index (χ0) is 23.4. The van der Waals surface area contributed by atoms with Crippen molar-refractivity contribution in [3.8, 4) is 0 Å². The maximum absolute atomic E-state index is 12.6. The van der Waals surface area contributed by atoms with Crippen molar-refractivity contribution in [2.75, 3.05) is 12.8 Å². The molecule has 0 aliphatic carbocycles.